The molecule has 2 unspecified atom stereocenters. The van der Waals surface area contributed by atoms with Gasteiger partial charge in [0.1, 0.15) is 6.10 Å². The van der Waals surface area contributed by atoms with Gasteiger partial charge in [-0.05, 0) is 147 Å². The van der Waals surface area contributed by atoms with E-state index < -0.39 is 33.8 Å². The summed E-state index contributed by atoms with van der Waals surface area (Å²) in [7, 11) is -2.53. The molecule has 2 heterocycles. The minimum atomic E-state index is -1.26. The van der Waals surface area contributed by atoms with Gasteiger partial charge in [0.15, 0.2) is 17.9 Å². The van der Waals surface area contributed by atoms with Gasteiger partial charge in [-0.2, -0.15) is 0 Å². The van der Waals surface area contributed by atoms with Crippen molar-refractivity contribution in [1.29, 1.82) is 0 Å². The smallest absolute Gasteiger partial charge is 0.338 e. The van der Waals surface area contributed by atoms with Crippen molar-refractivity contribution >= 4 is 78.4 Å². The molecule has 2 aliphatic rings. The van der Waals surface area contributed by atoms with E-state index in [1.807, 2.05) is 84.0 Å². The number of esters is 2. The summed E-state index contributed by atoms with van der Waals surface area (Å²) in [5, 5.41) is 0. The fourth-order valence-electron chi connectivity index (χ4n) is 7.73. The number of ether oxygens (including phenoxy) is 6. The molecule has 0 bridgehead atoms. The van der Waals surface area contributed by atoms with Gasteiger partial charge in [-0.3, -0.25) is 0 Å². The second kappa shape index (κ2) is 32.6. The van der Waals surface area contributed by atoms with Crippen molar-refractivity contribution in [3.8, 4) is 11.8 Å². The number of aldehydes is 1. The normalized spacial score (nSPS) is 19.6. The average Bonchev–Trinajstić information content (AvgIpc) is 3.70. The largest absolute Gasteiger partial charge is 0.462 e. The predicted octanol–water partition coefficient (Wildman–Crippen LogP) is 17.0. The molecule has 13 heteroatoms. The van der Waals surface area contributed by atoms with E-state index in [-0.39, 0.29) is 45.1 Å². The van der Waals surface area contributed by atoms with Gasteiger partial charge in [-0.1, -0.05) is 154 Å². The number of hydrogen-bond donors (Lipinski definition) is 0. The van der Waals surface area contributed by atoms with Crippen LogP contribution in [0.1, 0.15) is 156 Å². The number of aryl methyl sites for hydroxylation is 4. The second-order valence-electron chi connectivity index (χ2n) is 22.4. The number of halogens is 2. The van der Waals surface area contributed by atoms with Crippen molar-refractivity contribution in [1.82, 2.24) is 0 Å². The molecular weight excluding hydrogens is 1080 g/mol. The molecule has 0 spiro atoms. The highest BCUT2D eigenvalue weighted by Gasteiger charge is 2.41. The molecule has 0 amide bonds. The molecule has 0 aromatic heterocycles. The van der Waals surface area contributed by atoms with E-state index in [2.05, 4.69) is 123 Å². The van der Waals surface area contributed by atoms with Crippen LogP contribution in [0.5, 0.6) is 0 Å². The average molecular weight is 1180 g/mol. The Kier molecular flexibility index (Phi) is 31.3. The molecule has 412 valence electrons. The third-order valence-electron chi connectivity index (χ3n) is 11.9. The highest BCUT2D eigenvalue weighted by molar-refractivity contribution is 9.28. The zero-order valence-corrected chi connectivity index (χ0v) is 51.7. The third-order valence-corrected chi connectivity index (χ3v) is 15.8. The Bertz CT molecular complexity index is 2200. The molecule has 6 atom stereocenters. The SMILES string of the molecule is C.C.CC[C@H](C)C#CCC1OC(C)(C)O[C@H]1C/C=C/c1cc(C)cc(C)c1C(=O)OCC[Si](C)(C)C.CC[C@H](C)C=C(Br)Br.Cc1cc(C)c(C(=O)OCC[Si](C)(C)C)c(/C=C/C[C@@H]2OC(C)(C)OC2C=O)c1. The molecule has 2 aromatic carbocycles. The van der Waals surface area contributed by atoms with Crippen molar-refractivity contribution in [3.05, 3.63) is 90.4 Å². The first-order valence-corrected chi connectivity index (χ1v) is 34.5. The molecule has 0 aliphatic carbocycles. The molecule has 0 N–H and O–H groups in total. The minimum absolute atomic E-state index is 0. The Labute approximate surface area is 463 Å². The predicted molar refractivity (Wildman–Crippen MR) is 320 cm³/mol. The van der Waals surface area contributed by atoms with Gasteiger partial charge >= 0.3 is 11.9 Å². The Morgan fingerprint density at radius 3 is 1.51 bits per heavy atom. The summed E-state index contributed by atoms with van der Waals surface area (Å²) >= 11 is 6.59. The van der Waals surface area contributed by atoms with Crippen LogP contribution in [0.25, 0.3) is 12.2 Å². The lowest BCUT2D eigenvalue weighted by Gasteiger charge is -2.17. The van der Waals surface area contributed by atoms with Crippen molar-refractivity contribution < 1.29 is 42.8 Å². The quantitative estimate of drug-likeness (QED) is 0.0588. The summed E-state index contributed by atoms with van der Waals surface area (Å²) in [4.78, 5) is 36.9. The first-order valence-electron chi connectivity index (χ1n) is 25.5. The van der Waals surface area contributed by atoms with E-state index in [4.69, 9.17) is 28.4 Å². The molecule has 2 aliphatic heterocycles. The number of carbonyl (C=O) groups is 3. The van der Waals surface area contributed by atoms with Crippen LogP contribution in [0.15, 0.2) is 45.9 Å². The maximum absolute atomic E-state index is 12.9. The molecule has 0 radical (unpaired) electrons. The Morgan fingerprint density at radius 1 is 0.685 bits per heavy atom. The lowest BCUT2D eigenvalue weighted by atomic mass is 9.97. The van der Waals surface area contributed by atoms with Crippen LogP contribution < -0.4 is 0 Å². The fourth-order valence-corrected chi connectivity index (χ4v) is 10.1. The zero-order valence-electron chi connectivity index (χ0n) is 46.5. The van der Waals surface area contributed by atoms with Crippen LogP contribution in [0, 0.1) is 51.4 Å². The zero-order chi connectivity index (χ0) is 53.9. The van der Waals surface area contributed by atoms with E-state index in [1.54, 1.807) is 13.8 Å². The van der Waals surface area contributed by atoms with Gasteiger partial charge in [-0.25, -0.2) is 9.59 Å². The third kappa shape index (κ3) is 27.1. The summed E-state index contributed by atoms with van der Waals surface area (Å²) in [6, 6.07) is 9.96. The lowest BCUT2D eigenvalue weighted by Crippen LogP contribution is -2.23. The molecule has 2 fully saturated rings. The maximum atomic E-state index is 12.9. The summed E-state index contributed by atoms with van der Waals surface area (Å²) < 4.78 is 36.0. The van der Waals surface area contributed by atoms with Gasteiger partial charge in [0.2, 0.25) is 0 Å². The van der Waals surface area contributed by atoms with Crippen molar-refractivity contribution in [2.45, 2.75) is 217 Å². The number of benzene rings is 2. The van der Waals surface area contributed by atoms with E-state index in [1.165, 1.54) is 6.42 Å². The second-order valence-corrected chi connectivity index (χ2v) is 36.4. The van der Waals surface area contributed by atoms with Gasteiger partial charge < -0.3 is 33.2 Å². The standard InChI is InChI=1S/C29H44O4Si.C23H34O5Si.C6H10Br2.2CH4/c1-10-21(2)13-11-15-25-26(33-29(5,6)32-25)16-12-14-24-20-22(3)19-23(4)27(24)28(30)31-17-18-34(7,8)9;1-16-13-17(2)21(22(25)26-11-12-29(5,6)7)18(14-16)9-8-10-19-20(15-24)28-23(3,4)27-19;1-3-5(2)4-6(7)8;;/h12,14,19-21,25-26H,10,15-18H2,1-9H3;8-9,13-15,19-20H,10-12H2,1-7H3;4-5H,3H2,1-2H3;2*1H4/b14-12+;9-8+;;;/t21-,25?,26-;19-,20?;5-;;/m000../s1. The van der Waals surface area contributed by atoms with Gasteiger partial charge in [-0.15, -0.1) is 11.8 Å². The van der Waals surface area contributed by atoms with Crippen molar-refractivity contribution in [2.75, 3.05) is 13.2 Å². The monoisotopic (exact) mass is 1170 g/mol. The van der Waals surface area contributed by atoms with E-state index in [0.717, 1.165) is 61.6 Å². The van der Waals surface area contributed by atoms with Crippen LogP contribution >= 0.6 is 31.9 Å². The Hall–Kier alpha value is -2.94. The Morgan fingerprint density at radius 2 is 1.11 bits per heavy atom. The molecule has 2 aromatic rings. The molecule has 0 saturated carbocycles. The van der Waals surface area contributed by atoms with Gasteiger partial charge in [0, 0.05) is 28.5 Å². The highest BCUT2D eigenvalue weighted by Crippen LogP contribution is 2.33. The van der Waals surface area contributed by atoms with Crippen molar-refractivity contribution in [2.24, 2.45) is 11.8 Å². The molecule has 4 rings (SSSR count). The van der Waals surface area contributed by atoms with E-state index in [0.29, 0.717) is 55.4 Å². The van der Waals surface area contributed by atoms with E-state index >= 15 is 0 Å². The van der Waals surface area contributed by atoms with Crippen LogP contribution in [-0.2, 0) is 33.2 Å². The van der Waals surface area contributed by atoms with Crippen LogP contribution in [0.2, 0.25) is 51.4 Å². The maximum Gasteiger partial charge on any atom is 0.338 e. The Balaban J connectivity index is 0.00000121. The van der Waals surface area contributed by atoms with Crippen LogP contribution in [0.4, 0.5) is 0 Å². The highest BCUT2D eigenvalue weighted by atomic mass is 79.9. The van der Waals surface area contributed by atoms with Gasteiger partial charge in [0.05, 0.1) is 46.0 Å². The number of hydrogen-bond acceptors (Lipinski definition) is 9. The molecular formula is C60H96Br2O9Si2. The number of allylic oxidation sites excluding steroid dienone is 1. The first-order chi connectivity index (χ1) is 32.9. The summed E-state index contributed by atoms with van der Waals surface area (Å²) in [5.41, 5.74) is 7.00. The topological polar surface area (TPSA) is 107 Å². The summed E-state index contributed by atoms with van der Waals surface area (Å²) in [6.45, 7) is 38.6. The summed E-state index contributed by atoms with van der Waals surface area (Å²) in [5.74, 6) is 5.73. The fraction of sp³-hybridized carbons (Fsp3) is 0.617. The molecule has 73 heavy (non-hydrogen) atoms. The van der Waals surface area contributed by atoms with E-state index in [9.17, 15) is 14.4 Å². The number of rotatable bonds is 19. The molecule has 2 saturated heterocycles. The molecule has 9 nitrogen and oxygen atoms in total. The number of carbonyl (C=O) groups excluding carboxylic acids is 3. The van der Waals surface area contributed by atoms with Crippen molar-refractivity contribution in [3.63, 3.8) is 0 Å². The van der Waals surface area contributed by atoms with Gasteiger partial charge in [0.25, 0.3) is 0 Å². The minimum Gasteiger partial charge on any atom is -0.462 e. The lowest BCUT2D eigenvalue weighted by molar-refractivity contribution is -0.149. The van der Waals surface area contributed by atoms with Crippen LogP contribution in [-0.4, -0.2) is 83.6 Å². The van der Waals surface area contributed by atoms with Crippen LogP contribution in [0.3, 0.4) is 0 Å². The first kappa shape index (κ1) is 70.1. The summed E-state index contributed by atoms with van der Waals surface area (Å²) in [6.07, 6.45) is 13.9.